The summed E-state index contributed by atoms with van der Waals surface area (Å²) < 4.78 is 25.2. The number of aliphatic hydroxyl groups is 3. The van der Waals surface area contributed by atoms with Gasteiger partial charge in [-0.1, -0.05) is 13.8 Å². The third-order valence-corrected chi connectivity index (χ3v) is 4.26. The first-order valence-electron chi connectivity index (χ1n) is 8.12. The number of hydrogen-bond donors (Lipinski definition) is 5. The van der Waals surface area contributed by atoms with Crippen molar-refractivity contribution in [2.75, 3.05) is 6.61 Å². The quantitative estimate of drug-likeness (QED) is 0.327. The molecule has 12 heteroatoms. The van der Waals surface area contributed by atoms with Gasteiger partial charge in [0.2, 0.25) is 0 Å². The summed E-state index contributed by atoms with van der Waals surface area (Å²) in [6.45, 7) is 1.50. The van der Waals surface area contributed by atoms with Crippen LogP contribution in [0.2, 0.25) is 0 Å². The number of H-pyrrole nitrogens is 1. The van der Waals surface area contributed by atoms with Gasteiger partial charge < -0.3 is 30.5 Å². The van der Waals surface area contributed by atoms with Crippen LogP contribution in [0.3, 0.4) is 0 Å². The Morgan fingerprint density at radius 1 is 1.48 bits per heavy atom. The fourth-order valence-corrected chi connectivity index (χ4v) is 2.46. The molecule has 0 amide bonds. The van der Waals surface area contributed by atoms with E-state index in [1.165, 1.54) is 0 Å². The third-order valence-electron chi connectivity index (χ3n) is 4.26. The smallest absolute Gasteiger partial charge is 0.330 e. The van der Waals surface area contributed by atoms with Crippen molar-refractivity contribution in [1.29, 1.82) is 0 Å². The van der Waals surface area contributed by atoms with Gasteiger partial charge in [-0.3, -0.25) is 19.1 Å². The average molecular weight is 391 g/mol. The van der Waals surface area contributed by atoms with E-state index in [9.17, 15) is 29.0 Å². The highest BCUT2D eigenvalue weighted by Crippen LogP contribution is 2.38. The maximum absolute atomic E-state index is 14.9. The Kier molecular flexibility index (Phi) is 6.17. The lowest BCUT2D eigenvalue weighted by Crippen LogP contribution is -2.46. The van der Waals surface area contributed by atoms with Crippen molar-refractivity contribution in [3.8, 4) is 0 Å². The van der Waals surface area contributed by atoms with Crippen LogP contribution in [0.4, 0.5) is 4.39 Å². The van der Waals surface area contributed by atoms with E-state index in [4.69, 9.17) is 20.3 Å². The summed E-state index contributed by atoms with van der Waals surface area (Å²) in [7, 11) is 0. The minimum Gasteiger partial charge on any atom is -0.458 e. The standard InChI is InChI=1S/C15H22FN3O8/c1-6(2)8(17)13(24)26-5-15(16)10(22)9(21)12(27-15)19-3-7(4-20)11(23)18-14(19)25/h3,6,8-10,12,20-22H,4-5,17H2,1-2H3,(H,18,23,25)/t8-,9+,10-,12+,15+/m0/s1. The van der Waals surface area contributed by atoms with E-state index in [0.29, 0.717) is 4.57 Å². The summed E-state index contributed by atoms with van der Waals surface area (Å²) in [5.41, 5.74) is 3.41. The molecule has 0 saturated carbocycles. The fraction of sp³-hybridized carbons (Fsp3) is 0.667. The summed E-state index contributed by atoms with van der Waals surface area (Å²) in [6.07, 6.45) is -4.96. The summed E-state index contributed by atoms with van der Waals surface area (Å²) in [6, 6.07) is -1.03. The second-order valence-corrected chi connectivity index (χ2v) is 6.59. The minimum atomic E-state index is -3.02. The topological polar surface area (TPSA) is 177 Å². The van der Waals surface area contributed by atoms with E-state index < -0.39 is 60.8 Å². The van der Waals surface area contributed by atoms with Crippen molar-refractivity contribution < 1.29 is 34.0 Å². The van der Waals surface area contributed by atoms with Crippen LogP contribution >= 0.6 is 0 Å². The Hall–Kier alpha value is -2.12. The van der Waals surface area contributed by atoms with Crippen LogP contribution in [0.25, 0.3) is 0 Å². The Morgan fingerprint density at radius 3 is 2.67 bits per heavy atom. The summed E-state index contributed by atoms with van der Waals surface area (Å²) in [4.78, 5) is 37.0. The highest BCUT2D eigenvalue weighted by atomic mass is 19.2. The number of alkyl halides is 1. The fourth-order valence-electron chi connectivity index (χ4n) is 2.46. The maximum Gasteiger partial charge on any atom is 0.330 e. The molecule has 6 N–H and O–H groups in total. The first-order chi connectivity index (χ1) is 12.5. The molecule has 0 aromatic carbocycles. The molecule has 1 aliphatic heterocycles. The van der Waals surface area contributed by atoms with Gasteiger partial charge in [-0.25, -0.2) is 9.18 Å². The summed E-state index contributed by atoms with van der Waals surface area (Å²) in [5.74, 6) is -4.23. The number of nitrogens with zero attached hydrogens (tertiary/aromatic N) is 1. The van der Waals surface area contributed by atoms with Crippen LogP contribution in [0.1, 0.15) is 25.6 Å². The Bertz CT molecular complexity index is 809. The van der Waals surface area contributed by atoms with Crippen molar-refractivity contribution in [3.63, 3.8) is 0 Å². The number of carbonyl (C=O) groups is 1. The van der Waals surface area contributed by atoms with Gasteiger partial charge in [-0.2, -0.15) is 0 Å². The van der Waals surface area contributed by atoms with Crippen molar-refractivity contribution >= 4 is 5.97 Å². The number of aliphatic hydroxyl groups excluding tert-OH is 3. The molecule has 0 spiro atoms. The van der Waals surface area contributed by atoms with Gasteiger partial charge in [0.15, 0.2) is 12.8 Å². The van der Waals surface area contributed by atoms with Gasteiger partial charge in [0.1, 0.15) is 18.2 Å². The van der Waals surface area contributed by atoms with Gasteiger partial charge >= 0.3 is 11.7 Å². The van der Waals surface area contributed by atoms with Gasteiger partial charge in [0.05, 0.1) is 12.2 Å². The summed E-state index contributed by atoms with van der Waals surface area (Å²) >= 11 is 0. The molecular weight excluding hydrogens is 369 g/mol. The lowest BCUT2D eigenvalue weighted by molar-refractivity contribution is -0.217. The SMILES string of the molecule is CC(C)[C@H](N)C(=O)OC[C@@]1(F)O[C@@H](n2cc(CO)c(=O)[nH]c2=O)[C@H](O)[C@@H]1O. The number of hydrogen-bond acceptors (Lipinski definition) is 9. The number of nitrogens with two attached hydrogens (primary N) is 1. The summed E-state index contributed by atoms with van der Waals surface area (Å²) in [5, 5.41) is 29.2. The largest absolute Gasteiger partial charge is 0.458 e. The monoisotopic (exact) mass is 391 g/mol. The van der Waals surface area contributed by atoms with Gasteiger partial charge in [0.25, 0.3) is 11.4 Å². The van der Waals surface area contributed by atoms with Crippen LogP contribution in [0.15, 0.2) is 15.8 Å². The van der Waals surface area contributed by atoms with E-state index in [2.05, 4.69) is 0 Å². The number of esters is 1. The molecule has 0 aliphatic carbocycles. The lowest BCUT2D eigenvalue weighted by Gasteiger charge is -2.24. The zero-order valence-corrected chi connectivity index (χ0v) is 14.7. The van der Waals surface area contributed by atoms with Crippen LogP contribution < -0.4 is 17.0 Å². The zero-order chi connectivity index (χ0) is 20.5. The second-order valence-electron chi connectivity index (χ2n) is 6.59. The molecule has 11 nitrogen and oxygen atoms in total. The number of nitrogens with one attached hydrogen (secondary N) is 1. The first kappa shape index (κ1) is 21.2. The lowest BCUT2D eigenvalue weighted by atomic mass is 10.1. The van der Waals surface area contributed by atoms with Crippen molar-refractivity contribution in [1.82, 2.24) is 9.55 Å². The highest BCUT2D eigenvalue weighted by Gasteiger charge is 2.57. The maximum atomic E-state index is 14.9. The zero-order valence-electron chi connectivity index (χ0n) is 14.7. The number of halogens is 1. The minimum absolute atomic E-state index is 0.245. The van der Waals surface area contributed by atoms with Gasteiger partial charge in [-0.15, -0.1) is 0 Å². The van der Waals surface area contributed by atoms with E-state index in [0.717, 1.165) is 6.20 Å². The van der Waals surface area contributed by atoms with Crippen LogP contribution in [0.5, 0.6) is 0 Å². The molecule has 1 aromatic heterocycles. The Labute approximate surface area is 152 Å². The third kappa shape index (κ3) is 4.09. The molecule has 0 unspecified atom stereocenters. The van der Waals surface area contributed by atoms with E-state index in [-0.39, 0.29) is 11.5 Å². The number of rotatable bonds is 6. The van der Waals surface area contributed by atoms with Crippen LogP contribution in [0, 0.1) is 5.92 Å². The molecule has 152 valence electrons. The normalized spacial score (nSPS) is 29.1. The van der Waals surface area contributed by atoms with Crippen LogP contribution in [-0.2, 0) is 20.9 Å². The van der Waals surface area contributed by atoms with Gasteiger partial charge in [-0.05, 0) is 5.92 Å². The van der Waals surface area contributed by atoms with Crippen LogP contribution in [-0.4, -0.2) is 61.6 Å². The highest BCUT2D eigenvalue weighted by molar-refractivity contribution is 5.75. The Morgan fingerprint density at radius 2 is 2.11 bits per heavy atom. The predicted molar refractivity (Wildman–Crippen MR) is 87.0 cm³/mol. The molecule has 1 aliphatic rings. The number of aromatic nitrogens is 2. The van der Waals surface area contributed by atoms with E-state index in [1.807, 2.05) is 4.98 Å². The number of aromatic amines is 1. The van der Waals surface area contributed by atoms with Crippen molar-refractivity contribution in [2.45, 2.75) is 50.8 Å². The molecule has 0 radical (unpaired) electrons. The molecule has 2 heterocycles. The van der Waals surface area contributed by atoms with E-state index >= 15 is 0 Å². The predicted octanol–water partition coefficient (Wildman–Crippen LogP) is -2.53. The molecule has 5 atom stereocenters. The molecule has 2 rings (SSSR count). The molecule has 27 heavy (non-hydrogen) atoms. The Balaban J connectivity index is 2.23. The molecule has 1 aromatic rings. The van der Waals surface area contributed by atoms with Crippen molar-refractivity contribution in [3.05, 3.63) is 32.6 Å². The van der Waals surface area contributed by atoms with E-state index in [1.54, 1.807) is 13.8 Å². The second kappa shape index (κ2) is 7.86. The molecule has 1 saturated heterocycles. The number of ether oxygens (including phenoxy) is 2. The molecular formula is C15H22FN3O8. The first-order valence-corrected chi connectivity index (χ1v) is 8.12. The van der Waals surface area contributed by atoms with Crippen molar-refractivity contribution in [2.24, 2.45) is 11.7 Å². The van der Waals surface area contributed by atoms with Gasteiger partial charge in [0, 0.05) is 6.20 Å². The average Bonchev–Trinajstić information content (AvgIpc) is 2.84. The molecule has 1 fully saturated rings. The molecule has 0 bridgehead atoms. The number of carbonyl (C=O) groups excluding carboxylic acids is 1.